The third kappa shape index (κ3) is 6.21. The van der Waals surface area contributed by atoms with E-state index in [1.54, 1.807) is 7.11 Å². The van der Waals surface area contributed by atoms with E-state index < -0.39 is 0 Å². The van der Waals surface area contributed by atoms with Gasteiger partial charge in [0.2, 0.25) is 0 Å². The molecule has 106 valence electrons. The highest BCUT2D eigenvalue weighted by atomic mass is 16.5. The van der Waals surface area contributed by atoms with E-state index in [2.05, 4.69) is 10.6 Å². The third-order valence-electron chi connectivity index (χ3n) is 3.44. The van der Waals surface area contributed by atoms with Gasteiger partial charge in [0.25, 0.3) is 0 Å². The monoisotopic (exact) mass is 258 g/mol. The minimum atomic E-state index is -0.186. The van der Waals surface area contributed by atoms with E-state index in [-0.39, 0.29) is 18.2 Å². The van der Waals surface area contributed by atoms with Crippen molar-refractivity contribution in [3.05, 3.63) is 0 Å². The van der Waals surface area contributed by atoms with Crippen LogP contribution in [0.5, 0.6) is 0 Å². The Morgan fingerprint density at radius 2 is 2.28 bits per heavy atom. The maximum atomic E-state index is 11.6. The fraction of sp³-hybridized carbons (Fsp3) is 0.923. The molecule has 0 radical (unpaired) electrons. The van der Waals surface area contributed by atoms with Gasteiger partial charge in [0, 0.05) is 26.3 Å². The quantitative estimate of drug-likeness (QED) is 0.672. The van der Waals surface area contributed by atoms with E-state index in [1.807, 2.05) is 6.92 Å². The fourth-order valence-corrected chi connectivity index (χ4v) is 2.33. The first-order chi connectivity index (χ1) is 8.61. The summed E-state index contributed by atoms with van der Waals surface area (Å²) in [5, 5.41) is 15.3. The van der Waals surface area contributed by atoms with Crippen LogP contribution in [0, 0.1) is 5.92 Å². The SMILES string of the molecule is COCCC(C)NC(=O)NCC1CCCC(O)C1. The van der Waals surface area contributed by atoms with E-state index >= 15 is 0 Å². The van der Waals surface area contributed by atoms with Crippen LogP contribution in [-0.2, 0) is 4.74 Å². The summed E-state index contributed by atoms with van der Waals surface area (Å²) in [6.45, 7) is 3.26. The van der Waals surface area contributed by atoms with Crippen LogP contribution in [0.1, 0.15) is 39.0 Å². The molecule has 1 fully saturated rings. The predicted molar refractivity (Wildman–Crippen MR) is 70.5 cm³/mol. The smallest absolute Gasteiger partial charge is 0.315 e. The highest BCUT2D eigenvalue weighted by Gasteiger charge is 2.20. The predicted octanol–water partition coefficient (Wildman–Crippen LogP) is 1.26. The van der Waals surface area contributed by atoms with Crippen molar-refractivity contribution in [1.29, 1.82) is 0 Å². The Morgan fingerprint density at radius 3 is 2.94 bits per heavy atom. The first kappa shape index (κ1) is 15.2. The van der Waals surface area contributed by atoms with Crippen LogP contribution in [0.15, 0.2) is 0 Å². The zero-order chi connectivity index (χ0) is 13.4. The van der Waals surface area contributed by atoms with Gasteiger partial charge >= 0.3 is 6.03 Å². The lowest BCUT2D eigenvalue weighted by atomic mass is 9.87. The Kier molecular flexibility index (Phi) is 7.05. The van der Waals surface area contributed by atoms with Gasteiger partial charge in [-0.2, -0.15) is 0 Å². The topological polar surface area (TPSA) is 70.6 Å². The van der Waals surface area contributed by atoms with E-state index in [0.29, 0.717) is 19.1 Å². The van der Waals surface area contributed by atoms with E-state index in [1.165, 1.54) is 0 Å². The molecule has 1 aliphatic carbocycles. The standard InChI is InChI=1S/C13H26N2O3/c1-10(6-7-18-2)15-13(17)14-9-11-4-3-5-12(16)8-11/h10-12,16H,3-9H2,1-2H3,(H2,14,15,17). The number of carbonyl (C=O) groups excluding carboxylic acids is 1. The van der Waals surface area contributed by atoms with E-state index in [0.717, 1.165) is 32.1 Å². The molecule has 0 bridgehead atoms. The van der Waals surface area contributed by atoms with E-state index in [4.69, 9.17) is 4.74 Å². The van der Waals surface area contributed by atoms with Crippen LogP contribution in [0.25, 0.3) is 0 Å². The van der Waals surface area contributed by atoms with Crippen molar-refractivity contribution in [2.45, 2.75) is 51.2 Å². The fourth-order valence-electron chi connectivity index (χ4n) is 2.33. The average molecular weight is 258 g/mol. The molecule has 5 heteroatoms. The Hall–Kier alpha value is -0.810. The lowest BCUT2D eigenvalue weighted by Gasteiger charge is -2.26. The van der Waals surface area contributed by atoms with Gasteiger partial charge in [0.05, 0.1) is 6.10 Å². The molecule has 0 saturated heterocycles. The molecule has 0 aromatic heterocycles. The van der Waals surface area contributed by atoms with Crippen molar-refractivity contribution in [2.75, 3.05) is 20.3 Å². The van der Waals surface area contributed by atoms with Crippen molar-refractivity contribution >= 4 is 6.03 Å². The number of hydrogen-bond acceptors (Lipinski definition) is 3. The van der Waals surface area contributed by atoms with Crippen LogP contribution in [-0.4, -0.2) is 43.5 Å². The normalized spacial score (nSPS) is 25.5. The molecule has 0 aromatic carbocycles. The highest BCUT2D eigenvalue weighted by Crippen LogP contribution is 2.23. The Morgan fingerprint density at radius 1 is 1.50 bits per heavy atom. The largest absolute Gasteiger partial charge is 0.393 e. The summed E-state index contributed by atoms with van der Waals surface area (Å²) in [6, 6.07) is -0.0134. The Balaban J connectivity index is 2.12. The Bertz CT molecular complexity index is 248. The maximum Gasteiger partial charge on any atom is 0.315 e. The molecule has 3 atom stereocenters. The van der Waals surface area contributed by atoms with Gasteiger partial charge in [-0.25, -0.2) is 4.79 Å². The zero-order valence-electron chi connectivity index (χ0n) is 11.4. The van der Waals surface area contributed by atoms with Gasteiger partial charge in [-0.15, -0.1) is 0 Å². The number of aliphatic hydroxyl groups excluding tert-OH is 1. The van der Waals surface area contributed by atoms with Crippen molar-refractivity contribution < 1.29 is 14.6 Å². The molecule has 0 heterocycles. The number of methoxy groups -OCH3 is 1. The Labute approximate surface area is 109 Å². The van der Waals surface area contributed by atoms with Crippen molar-refractivity contribution in [3.8, 4) is 0 Å². The molecule has 2 amide bonds. The number of rotatable bonds is 6. The molecule has 0 spiro atoms. The van der Waals surface area contributed by atoms with Crippen molar-refractivity contribution in [2.24, 2.45) is 5.92 Å². The van der Waals surface area contributed by atoms with Crippen molar-refractivity contribution in [1.82, 2.24) is 10.6 Å². The average Bonchev–Trinajstić information content (AvgIpc) is 2.34. The minimum absolute atomic E-state index is 0.113. The molecular formula is C13H26N2O3. The molecular weight excluding hydrogens is 232 g/mol. The van der Waals surface area contributed by atoms with Crippen LogP contribution in [0.4, 0.5) is 4.79 Å². The van der Waals surface area contributed by atoms with Crippen LogP contribution in [0.2, 0.25) is 0 Å². The number of urea groups is 1. The van der Waals surface area contributed by atoms with Crippen LogP contribution in [0.3, 0.4) is 0 Å². The zero-order valence-corrected chi connectivity index (χ0v) is 11.4. The van der Waals surface area contributed by atoms with Gasteiger partial charge in [0.15, 0.2) is 0 Å². The number of aliphatic hydroxyl groups is 1. The molecule has 0 aromatic rings. The number of nitrogens with one attached hydrogen (secondary N) is 2. The molecule has 1 aliphatic rings. The van der Waals surface area contributed by atoms with Gasteiger partial charge in [-0.3, -0.25) is 0 Å². The number of amides is 2. The lowest BCUT2D eigenvalue weighted by molar-refractivity contribution is 0.101. The van der Waals surface area contributed by atoms with Gasteiger partial charge < -0.3 is 20.5 Å². The number of ether oxygens (including phenoxy) is 1. The minimum Gasteiger partial charge on any atom is -0.393 e. The molecule has 1 saturated carbocycles. The molecule has 0 aliphatic heterocycles. The first-order valence-corrected chi connectivity index (χ1v) is 6.83. The summed E-state index contributed by atoms with van der Waals surface area (Å²) in [7, 11) is 1.65. The summed E-state index contributed by atoms with van der Waals surface area (Å²) < 4.78 is 4.96. The second-order valence-electron chi connectivity index (χ2n) is 5.22. The number of hydrogen-bond donors (Lipinski definition) is 3. The summed E-state index contributed by atoms with van der Waals surface area (Å²) >= 11 is 0. The van der Waals surface area contributed by atoms with Gasteiger partial charge in [-0.1, -0.05) is 6.42 Å². The second kappa shape index (κ2) is 8.32. The second-order valence-corrected chi connectivity index (χ2v) is 5.22. The van der Waals surface area contributed by atoms with Crippen molar-refractivity contribution in [3.63, 3.8) is 0 Å². The molecule has 1 rings (SSSR count). The molecule has 3 unspecified atom stereocenters. The summed E-state index contributed by atoms with van der Waals surface area (Å²) in [5.74, 6) is 0.411. The first-order valence-electron chi connectivity index (χ1n) is 6.83. The summed E-state index contributed by atoms with van der Waals surface area (Å²) in [5.41, 5.74) is 0. The molecule has 3 N–H and O–H groups in total. The van der Waals surface area contributed by atoms with E-state index in [9.17, 15) is 9.90 Å². The number of carbonyl (C=O) groups is 1. The highest BCUT2D eigenvalue weighted by molar-refractivity contribution is 5.74. The molecule has 18 heavy (non-hydrogen) atoms. The maximum absolute atomic E-state index is 11.6. The lowest BCUT2D eigenvalue weighted by Crippen LogP contribution is -2.43. The van der Waals surface area contributed by atoms with Crippen LogP contribution >= 0.6 is 0 Å². The van der Waals surface area contributed by atoms with Gasteiger partial charge in [-0.05, 0) is 38.5 Å². The van der Waals surface area contributed by atoms with Gasteiger partial charge in [0.1, 0.15) is 0 Å². The molecule has 5 nitrogen and oxygen atoms in total. The third-order valence-corrected chi connectivity index (χ3v) is 3.44. The summed E-state index contributed by atoms with van der Waals surface area (Å²) in [4.78, 5) is 11.6. The summed E-state index contributed by atoms with van der Waals surface area (Å²) in [6.07, 6.45) is 4.48. The van der Waals surface area contributed by atoms with Crippen LogP contribution < -0.4 is 10.6 Å².